The van der Waals surface area contributed by atoms with E-state index in [2.05, 4.69) is 45.1 Å². The minimum atomic E-state index is -1.60. The van der Waals surface area contributed by atoms with E-state index >= 15 is 0 Å². The molecule has 0 fully saturated rings. The zero-order valence-corrected chi connectivity index (χ0v) is 17.1. The third-order valence-corrected chi connectivity index (χ3v) is 6.54. The van der Waals surface area contributed by atoms with Gasteiger partial charge in [0.1, 0.15) is 6.07 Å². The van der Waals surface area contributed by atoms with Crippen molar-refractivity contribution in [3.8, 4) is 18.2 Å². The fourth-order valence-electron chi connectivity index (χ4n) is 4.67. The van der Waals surface area contributed by atoms with E-state index in [1.165, 1.54) is 0 Å². The van der Waals surface area contributed by atoms with Gasteiger partial charge in [-0.15, -0.1) is 0 Å². The van der Waals surface area contributed by atoms with Crippen molar-refractivity contribution in [2.45, 2.75) is 39.5 Å². The molecule has 2 aliphatic carbocycles. The SMILES string of the molecule is CC(C)(C)[C@@H]1CC=C2C(C#N)=C(N)C(C#N)(C#N)[C@@H](c3cccc(Cl)c3)[C@@H]2C1. The quantitative estimate of drug-likeness (QED) is 0.711. The molecule has 142 valence electrons. The maximum absolute atomic E-state index is 10.1. The van der Waals surface area contributed by atoms with Crippen molar-refractivity contribution in [1.82, 2.24) is 0 Å². The largest absolute Gasteiger partial charge is 0.399 e. The first-order valence-corrected chi connectivity index (χ1v) is 9.76. The van der Waals surface area contributed by atoms with Crippen LogP contribution in [0.5, 0.6) is 0 Å². The van der Waals surface area contributed by atoms with Crippen LogP contribution in [0.1, 0.15) is 45.1 Å². The van der Waals surface area contributed by atoms with E-state index < -0.39 is 11.3 Å². The molecule has 0 aromatic heterocycles. The highest BCUT2D eigenvalue weighted by Crippen LogP contribution is 2.58. The molecule has 0 unspecified atom stereocenters. The van der Waals surface area contributed by atoms with Crippen molar-refractivity contribution in [1.29, 1.82) is 15.8 Å². The molecular formula is C23H23ClN4. The maximum Gasteiger partial charge on any atom is 0.191 e. The second-order valence-electron chi connectivity index (χ2n) is 8.77. The van der Waals surface area contributed by atoms with E-state index in [1.807, 2.05) is 12.1 Å². The third-order valence-electron chi connectivity index (χ3n) is 6.31. The Bertz CT molecular complexity index is 977. The number of rotatable bonds is 1. The number of fused-ring (bicyclic) bond motifs is 1. The summed E-state index contributed by atoms with van der Waals surface area (Å²) in [6, 6.07) is 13.8. The average molecular weight is 391 g/mol. The van der Waals surface area contributed by atoms with E-state index in [4.69, 9.17) is 17.3 Å². The standard InChI is InChI=1S/C23H23ClN4/c1-22(2,3)15-7-8-17-18(10-15)20(14-5-4-6-16(24)9-14)23(12-26,13-27)21(28)19(17)11-25/h4-6,8-9,15,18,20H,7,10,28H2,1-3H3/t15-,18-,20+/m1/s1. The highest BCUT2D eigenvalue weighted by molar-refractivity contribution is 6.30. The van der Waals surface area contributed by atoms with Crippen LogP contribution in [-0.4, -0.2) is 0 Å². The van der Waals surface area contributed by atoms with Gasteiger partial charge in [-0.1, -0.05) is 50.6 Å². The van der Waals surface area contributed by atoms with Crippen LogP contribution < -0.4 is 5.73 Å². The Morgan fingerprint density at radius 2 is 1.86 bits per heavy atom. The first-order chi connectivity index (χ1) is 13.2. The molecule has 0 radical (unpaired) electrons. The summed E-state index contributed by atoms with van der Waals surface area (Å²) in [6.45, 7) is 6.60. The fraction of sp³-hybridized carbons (Fsp3) is 0.435. The lowest BCUT2D eigenvalue weighted by Gasteiger charge is -2.47. The lowest BCUT2D eigenvalue weighted by Crippen LogP contribution is -2.44. The van der Waals surface area contributed by atoms with Crippen LogP contribution in [-0.2, 0) is 0 Å². The minimum Gasteiger partial charge on any atom is -0.399 e. The number of allylic oxidation sites excluding steroid dienone is 4. The van der Waals surface area contributed by atoms with Crippen LogP contribution in [0.2, 0.25) is 5.02 Å². The van der Waals surface area contributed by atoms with Gasteiger partial charge in [0.25, 0.3) is 0 Å². The summed E-state index contributed by atoms with van der Waals surface area (Å²) in [4.78, 5) is 0. The molecule has 0 saturated carbocycles. The molecule has 2 N–H and O–H groups in total. The summed E-state index contributed by atoms with van der Waals surface area (Å²) in [5.74, 6) is -0.246. The van der Waals surface area contributed by atoms with E-state index in [1.54, 1.807) is 12.1 Å². The zero-order chi connectivity index (χ0) is 20.7. The summed E-state index contributed by atoms with van der Waals surface area (Å²) >= 11 is 6.24. The molecule has 28 heavy (non-hydrogen) atoms. The Hall–Kier alpha value is -2.74. The Morgan fingerprint density at radius 1 is 1.18 bits per heavy atom. The predicted molar refractivity (Wildman–Crippen MR) is 108 cm³/mol. The number of benzene rings is 1. The van der Waals surface area contributed by atoms with Gasteiger partial charge in [0, 0.05) is 10.9 Å². The van der Waals surface area contributed by atoms with Gasteiger partial charge in [-0.05, 0) is 53.4 Å². The summed E-state index contributed by atoms with van der Waals surface area (Å²) in [6.07, 6.45) is 3.73. The smallest absolute Gasteiger partial charge is 0.191 e. The molecule has 5 heteroatoms. The van der Waals surface area contributed by atoms with Gasteiger partial charge in [0.05, 0.1) is 23.4 Å². The Kier molecular flexibility index (Phi) is 5.01. The molecule has 3 rings (SSSR count). The number of halogens is 1. The van der Waals surface area contributed by atoms with Gasteiger partial charge >= 0.3 is 0 Å². The van der Waals surface area contributed by atoms with Gasteiger partial charge in [0.15, 0.2) is 5.41 Å². The van der Waals surface area contributed by atoms with Crippen molar-refractivity contribution in [3.63, 3.8) is 0 Å². The number of hydrogen-bond acceptors (Lipinski definition) is 4. The first kappa shape index (κ1) is 20.0. The second kappa shape index (κ2) is 7.01. The molecule has 1 aromatic rings. The first-order valence-electron chi connectivity index (χ1n) is 9.38. The van der Waals surface area contributed by atoms with Gasteiger partial charge in [-0.3, -0.25) is 0 Å². The van der Waals surface area contributed by atoms with E-state index in [9.17, 15) is 15.8 Å². The normalized spacial score (nSPS) is 26.3. The van der Waals surface area contributed by atoms with Crippen LogP contribution in [0.3, 0.4) is 0 Å². The van der Waals surface area contributed by atoms with Gasteiger partial charge in [-0.2, -0.15) is 15.8 Å². The van der Waals surface area contributed by atoms with Crippen LogP contribution in [0.15, 0.2) is 47.2 Å². The van der Waals surface area contributed by atoms with Gasteiger partial charge in [-0.25, -0.2) is 0 Å². The molecule has 0 spiro atoms. The lowest BCUT2D eigenvalue weighted by molar-refractivity contribution is 0.170. The van der Waals surface area contributed by atoms with Crippen molar-refractivity contribution in [3.05, 3.63) is 57.8 Å². The van der Waals surface area contributed by atoms with Gasteiger partial charge in [0.2, 0.25) is 0 Å². The van der Waals surface area contributed by atoms with E-state index in [-0.39, 0.29) is 17.0 Å². The number of hydrogen-bond donors (Lipinski definition) is 1. The molecule has 4 nitrogen and oxygen atoms in total. The monoisotopic (exact) mass is 390 g/mol. The van der Waals surface area contributed by atoms with Crippen molar-refractivity contribution in [2.75, 3.05) is 0 Å². The lowest BCUT2D eigenvalue weighted by atomic mass is 9.54. The van der Waals surface area contributed by atoms with Crippen molar-refractivity contribution in [2.24, 2.45) is 28.4 Å². The van der Waals surface area contributed by atoms with Crippen LogP contribution in [0, 0.1) is 56.7 Å². The summed E-state index contributed by atoms with van der Waals surface area (Å²) < 4.78 is 0. The molecule has 0 bridgehead atoms. The second-order valence-corrected chi connectivity index (χ2v) is 9.20. The van der Waals surface area contributed by atoms with Crippen LogP contribution in [0.4, 0.5) is 0 Å². The number of nitriles is 3. The molecule has 0 saturated heterocycles. The molecule has 0 heterocycles. The Labute approximate surface area is 171 Å². The maximum atomic E-state index is 10.1. The molecule has 3 atom stereocenters. The summed E-state index contributed by atoms with van der Waals surface area (Å²) in [5.41, 5.74) is 6.81. The van der Waals surface area contributed by atoms with Crippen molar-refractivity contribution < 1.29 is 0 Å². The summed E-state index contributed by atoms with van der Waals surface area (Å²) in [7, 11) is 0. The van der Waals surface area contributed by atoms with Crippen molar-refractivity contribution >= 4 is 11.6 Å². The molecule has 1 aromatic carbocycles. The average Bonchev–Trinajstić information content (AvgIpc) is 2.66. The molecular weight excluding hydrogens is 368 g/mol. The van der Waals surface area contributed by atoms with Crippen LogP contribution >= 0.6 is 11.6 Å². The predicted octanol–water partition coefficient (Wildman–Crippen LogP) is 5.21. The topological polar surface area (TPSA) is 97.4 Å². The van der Waals surface area contributed by atoms with Crippen LogP contribution in [0.25, 0.3) is 0 Å². The third kappa shape index (κ3) is 2.97. The molecule has 0 aliphatic heterocycles. The minimum absolute atomic E-state index is 0.0571. The Balaban J connectivity index is 2.31. The molecule has 0 amide bonds. The van der Waals surface area contributed by atoms with E-state index in [0.29, 0.717) is 16.5 Å². The zero-order valence-electron chi connectivity index (χ0n) is 16.3. The molecule has 2 aliphatic rings. The number of nitrogens with zero attached hydrogens (tertiary/aromatic N) is 3. The fourth-order valence-corrected chi connectivity index (χ4v) is 4.87. The summed E-state index contributed by atoms with van der Waals surface area (Å²) in [5, 5.41) is 30.5. The highest BCUT2D eigenvalue weighted by Gasteiger charge is 2.55. The number of nitrogens with two attached hydrogens (primary N) is 1. The van der Waals surface area contributed by atoms with Gasteiger partial charge < -0.3 is 5.73 Å². The highest BCUT2D eigenvalue weighted by atomic mass is 35.5. The Morgan fingerprint density at radius 3 is 2.39 bits per heavy atom. The van der Waals surface area contributed by atoms with E-state index in [0.717, 1.165) is 24.0 Å².